The molecule has 0 aliphatic rings. The Balaban J connectivity index is -0.000000138. The predicted octanol–water partition coefficient (Wildman–Crippen LogP) is 3.39. The summed E-state index contributed by atoms with van der Waals surface area (Å²) in [6.45, 7) is 15.7. The van der Waals surface area contributed by atoms with Crippen LogP contribution in [0.15, 0.2) is 13.2 Å². The molecule has 70 valence electrons. The highest BCUT2D eigenvalue weighted by Crippen LogP contribution is 2.08. The fraction of sp³-hybridized carbons (Fsp3) is 0.800. The Kier molecular flexibility index (Phi) is 19.1. The van der Waals surface area contributed by atoms with E-state index in [9.17, 15) is 0 Å². The lowest BCUT2D eigenvalue weighted by molar-refractivity contribution is 0.0703. The van der Waals surface area contributed by atoms with E-state index < -0.39 is 5.60 Å². The lowest BCUT2D eigenvalue weighted by Crippen LogP contribution is -2.16. The molecule has 0 bridgehead atoms. The van der Waals surface area contributed by atoms with Gasteiger partial charge in [0.15, 0.2) is 0 Å². The van der Waals surface area contributed by atoms with Crippen molar-refractivity contribution in [2.45, 2.75) is 53.1 Å². The van der Waals surface area contributed by atoms with E-state index in [1.807, 2.05) is 27.7 Å². The van der Waals surface area contributed by atoms with Crippen LogP contribution in [-0.4, -0.2) is 10.7 Å². The zero-order chi connectivity index (χ0) is 9.91. The van der Waals surface area contributed by atoms with Gasteiger partial charge < -0.3 is 5.11 Å². The maximum atomic E-state index is 9.02. The molecule has 0 fully saturated rings. The van der Waals surface area contributed by atoms with Crippen LogP contribution in [-0.2, 0) is 0 Å². The lowest BCUT2D eigenvalue weighted by atomic mass is 10.0. The maximum absolute atomic E-state index is 9.02. The van der Waals surface area contributed by atoms with Gasteiger partial charge in [-0.3, -0.25) is 0 Å². The molecule has 0 radical (unpaired) electrons. The summed E-state index contributed by atoms with van der Waals surface area (Å²) in [6.07, 6.45) is 1.95. The first kappa shape index (κ1) is 17.0. The van der Waals surface area contributed by atoms with Crippen molar-refractivity contribution in [2.24, 2.45) is 0 Å². The van der Waals surface area contributed by atoms with E-state index in [4.69, 9.17) is 5.11 Å². The number of aliphatic hydroxyl groups is 1. The van der Waals surface area contributed by atoms with Crippen molar-refractivity contribution in [3.05, 3.63) is 13.2 Å². The number of rotatable bonds is 2. The molecule has 0 aromatic heterocycles. The third-order valence-corrected chi connectivity index (χ3v) is 0.862. The molecular formula is C10H24O. The molecule has 0 spiro atoms. The second kappa shape index (κ2) is 12.4. The Labute approximate surface area is 72.1 Å². The first-order valence-electron chi connectivity index (χ1n) is 4.28. The van der Waals surface area contributed by atoms with Crippen LogP contribution in [0.1, 0.15) is 47.5 Å². The van der Waals surface area contributed by atoms with Gasteiger partial charge in [0.1, 0.15) is 0 Å². The number of hydrogen-bond donors (Lipinski definition) is 1. The van der Waals surface area contributed by atoms with Gasteiger partial charge in [0.05, 0.1) is 5.60 Å². The van der Waals surface area contributed by atoms with Gasteiger partial charge in [-0.1, -0.05) is 27.2 Å². The highest BCUT2D eigenvalue weighted by atomic mass is 16.3. The second-order valence-corrected chi connectivity index (χ2v) is 2.56. The molecule has 0 rings (SSSR count). The van der Waals surface area contributed by atoms with Gasteiger partial charge >= 0.3 is 0 Å². The van der Waals surface area contributed by atoms with Crippen LogP contribution in [0.4, 0.5) is 0 Å². The third-order valence-electron chi connectivity index (χ3n) is 0.862. The zero-order valence-corrected chi connectivity index (χ0v) is 8.78. The molecule has 11 heavy (non-hydrogen) atoms. The first-order valence-corrected chi connectivity index (χ1v) is 4.28. The van der Waals surface area contributed by atoms with E-state index in [0.717, 1.165) is 12.8 Å². The molecule has 0 saturated heterocycles. The average molecular weight is 160 g/mol. The summed E-state index contributed by atoms with van der Waals surface area (Å²) in [5, 5.41) is 9.02. The predicted molar refractivity (Wildman–Crippen MR) is 53.8 cm³/mol. The molecule has 0 aromatic carbocycles. The highest BCUT2D eigenvalue weighted by Gasteiger charge is 2.08. The Hall–Kier alpha value is -0.300. The fourth-order valence-electron chi connectivity index (χ4n) is 0.612. The van der Waals surface area contributed by atoms with Gasteiger partial charge in [-0.05, 0) is 20.3 Å². The molecule has 0 aliphatic carbocycles. The van der Waals surface area contributed by atoms with E-state index in [-0.39, 0.29) is 0 Å². The zero-order valence-electron chi connectivity index (χ0n) is 8.78. The van der Waals surface area contributed by atoms with Crippen LogP contribution in [0.5, 0.6) is 0 Å². The Morgan fingerprint density at radius 1 is 1.18 bits per heavy atom. The molecule has 0 saturated carbocycles. The summed E-state index contributed by atoms with van der Waals surface area (Å²) >= 11 is 0. The van der Waals surface area contributed by atoms with Gasteiger partial charge in [-0.15, -0.1) is 13.2 Å². The van der Waals surface area contributed by atoms with Gasteiger partial charge in [0.25, 0.3) is 0 Å². The molecule has 1 N–H and O–H groups in total. The first-order chi connectivity index (χ1) is 5.06. The minimum atomic E-state index is -0.450. The minimum absolute atomic E-state index is 0.450. The minimum Gasteiger partial charge on any atom is -0.390 e. The van der Waals surface area contributed by atoms with Crippen molar-refractivity contribution in [3.63, 3.8) is 0 Å². The van der Waals surface area contributed by atoms with E-state index in [1.165, 1.54) is 0 Å². The summed E-state index contributed by atoms with van der Waals surface area (Å²) in [5.74, 6) is 0. The van der Waals surface area contributed by atoms with Crippen molar-refractivity contribution in [1.29, 1.82) is 0 Å². The Morgan fingerprint density at radius 3 is 1.45 bits per heavy atom. The maximum Gasteiger partial charge on any atom is 0.0591 e. The molecule has 0 atom stereocenters. The highest BCUT2D eigenvalue weighted by molar-refractivity contribution is 4.61. The molecule has 1 heteroatoms. The Morgan fingerprint density at radius 2 is 1.45 bits per heavy atom. The number of hydrogen-bond acceptors (Lipinski definition) is 1. The van der Waals surface area contributed by atoms with Crippen LogP contribution in [0.25, 0.3) is 0 Å². The van der Waals surface area contributed by atoms with E-state index >= 15 is 0 Å². The van der Waals surface area contributed by atoms with Gasteiger partial charge in [-0.2, -0.15) is 0 Å². The molecular weight excluding hydrogens is 136 g/mol. The average Bonchev–Trinajstić information content (AvgIpc) is 1.94. The quantitative estimate of drug-likeness (QED) is 0.614. The van der Waals surface area contributed by atoms with Crippen molar-refractivity contribution in [3.8, 4) is 0 Å². The Bertz CT molecular complexity index is 52.4. The van der Waals surface area contributed by atoms with Crippen molar-refractivity contribution in [1.82, 2.24) is 0 Å². The van der Waals surface area contributed by atoms with Gasteiger partial charge in [0.2, 0.25) is 0 Å². The van der Waals surface area contributed by atoms with Gasteiger partial charge in [-0.25, -0.2) is 0 Å². The van der Waals surface area contributed by atoms with Crippen molar-refractivity contribution in [2.75, 3.05) is 0 Å². The molecule has 1 nitrogen and oxygen atoms in total. The summed E-state index contributed by atoms with van der Waals surface area (Å²) in [5.41, 5.74) is -0.450. The van der Waals surface area contributed by atoms with E-state index in [2.05, 4.69) is 20.1 Å². The van der Waals surface area contributed by atoms with Crippen LogP contribution in [0.3, 0.4) is 0 Å². The van der Waals surface area contributed by atoms with Crippen molar-refractivity contribution >= 4 is 0 Å². The molecule has 0 aliphatic heterocycles. The monoisotopic (exact) mass is 160 g/mol. The second-order valence-electron chi connectivity index (χ2n) is 2.56. The third kappa shape index (κ3) is 42.0. The molecule has 0 aromatic rings. The smallest absolute Gasteiger partial charge is 0.0591 e. The normalized spacial score (nSPS) is 8.55. The van der Waals surface area contributed by atoms with E-state index in [0.29, 0.717) is 0 Å². The topological polar surface area (TPSA) is 20.2 Å². The summed E-state index contributed by atoms with van der Waals surface area (Å²) in [4.78, 5) is 0. The molecule has 0 unspecified atom stereocenters. The molecule has 0 amide bonds. The lowest BCUT2D eigenvalue weighted by Gasteiger charge is -2.14. The van der Waals surface area contributed by atoms with Crippen LogP contribution in [0.2, 0.25) is 0 Å². The van der Waals surface area contributed by atoms with Crippen LogP contribution in [0, 0.1) is 0 Å². The summed E-state index contributed by atoms with van der Waals surface area (Å²) in [7, 11) is 0. The van der Waals surface area contributed by atoms with Crippen molar-refractivity contribution < 1.29 is 5.11 Å². The van der Waals surface area contributed by atoms with Gasteiger partial charge in [0, 0.05) is 0 Å². The fourth-order valence-corrected chi connectivity index (χ4v) is 0.612. The summed E-state index contributed by atoms with van der Waals surface area (Å²) in [6, 6.07) is 0. The molecule has 0 heterocycles. The van der Waals surface area contributed by atoms with Crippen LogP contribution < -0.4 is 0 Å². The largest absolute Gasteiger partial charge is 0.390 e. The van der Waals surface area contributed by atoms with E-state index in [1.54, 1.807) is 0 Å². The standard InChI is InChI=1S/C6H14O.C2H6.C2H4/c1-4-5-6(2,3)7;2*1-2/h7H,4-5H2,1-3H3;1-2H3;1-2H2. The van der Waals surface area contributed by atoms with Crippen LogP contribution >= 0.6 is 0 Å². The summed E-state index contributed by atoms with van der Waals surface area (Å²) < 4.78 is 0. The SMILES string of the molecule is C=C.CC.CCCC(C)(C)O.